The van der Waals surface area contributed by atoms with Gasteiger partial charge in [0, 0.05) is 19.5 Å². The van der Waals surface area contributed by atoms with Crippen molar-refractivity contribution in [2.45, 2.75) is 96.8 Å². The first-order chi connectivity index (χ1) is 19.5. The number of rotatable bonds is 19. The molecule has 2 aromatic carbocycles. The third-order valence-electron chi connectivity index (χ3n) is 7.43. The second-order valence-corrected chi connectivity index (χ2v) is 10.6. The molecule has 0 atom stereocenters. The minimum absolute atomic E-state index is 0.127. The molecule has 3 rings (SSSR count). The first-order valence-electron chi connectivity index (χ1n) is 15.1. The number of hydrogen-bond donors (Lipinski definition) is 2. The summed E-state index contributed by atoms with van der Waals surface area (Å²) < 4.78 is 0. The minimum Gasteiger partial charge on any atom is -0.352 e. The van der Waals surface area contributed by atoms with Crippen molar-refractivity contribution < 1.29 is 19.2 Å². The van der Waals surface area contributed by atoms with Crippen molar-refractivity contribution >= 4 is 29.3 Å². The van der Waals surface area contributed by atoms with Crippen molar-refractivity contribution in [3.63, 3.8) is 0 Å². The molecule has 0 aliphatic carbocycles. The number of hydrogen-bond acceptors (Lipinski definition) is 4. The molecule has 7 heteroatoms. The van der Waals surface area contributed by atoms with E-state index in [1.54, 1.807) is 48.5 Å². The Hall–Kier alpha value is -3.48. The van der Waals surface area contributed by atoms with Crippen LogP contribution in [-0.2, 0) is 4.79 Å². The van der Waals surface area contributed by atoms with Crippen molar-refractivity contribution in [2.75, 3.05) is 18.4 Å². The predicted molar refractivity (Wildman–Crippen MR) is 160 cm³/mol. The molecule has 0 fully saturated rings. The number of nitrogens with one attached hydrogen (secondary N) is 2. The Kier molecular flexibility index (Phi) is 13.4. The van der Waals surface area contributed by atoms with Gasteiger partial charge in [0.2, 0.25) is 5.91 Å². The van der Waals surface area contributed by atoms with E-state index in [-0.39, 0.29) is 36.6 Å². The van der Waals surface area contributed by atoms with Gasteiger partial charge in [-0.2, -0.15) is 0 Å². The molecule has 40 heavy (non-hydrogen) atoms. The molecule has 0 radical (unpaired) electrons. The highest BCUT2D eigenvalue weighted by Crippen LogP contribution is 2.23. The molecule has 0 bridgehead atoms. The number of nitrogens with zero attached hydrogens (tertiary/aromatic N) is 1. The van der Waals surface area contributed by atoms with Crippen LogP contribution in [0.25, 0.3) is 0 Å². The van der Waals surface area contributed by atoms with Crippen molar-refractivity contribution in [1.82, 2.24) is 10.2 Å². The molecule has 0 saturated heterocycles. The second-order valence-electron chi connectivity index (χ2n) is 10.6. The molecule has 1 aliphatic heterocycles. The molecule has 2 aromatic rings. The Bertz CT molecular complexity index is 1100. The summed E-state index contributed by atoms with van der Waals surface area (Å²) in [5.41, 5.74) is 1.69. The van der Waals surface area contributed by atoms with Gasteiger partial charge in [-0.1, -0.05) is 102 Å². The van der Waals surface area contributed by atoms with E-state index >= 15 is 0 Å². The van der Waals surface area contributed by atoms with E-state index < -0.39 is 0 Å². The van der Waals surface area contributed by atoms with Crippen LogP contribution < -0.4 is 10.6 Å². The van der Waals surface area contributed by atoms with Crippen LogP contribution in [0.5, 0.6) is 0 Å². The van der Waals surface area contributed by atoms with Crippen LogP contribution in [0.2, 0.25) is 0 Å². The molecule has 0 unspecified atom stereocenters. The highest BCUT2D eigenvalue weighted by molar-refractivity contribution is 6.21. The number of anilines is 1. The lowest BCUT2D eigenvalue weighted by molar-refractivity contribution is -0.116. The maximum Gasteiger partial charge on any atom is 0.261 e. The van der Waals surface area contributed by atoms with E-state index in [0.717, 1.165) is 12.8 Å². The number of imide groups is 1. The van der Waals surface area contributed by atoms with Gasteiger partial charge in [-0.25, -0.2) is 0 Å². The van der Waals surface area contributed by atoms with Crippen LogP contribution in [0.1, 0.15) is 128 Å². The quantitative estimate of drug-likeness (QED) is 0.144. The first kappa shape index (κ1) is 31.1. The Morgan fingerprint density at radius 2 is 1.20 bits per heavy atom. The van der Waals surface area contributed by atoms with E-state index in [0.29, 0.717) is 35.3 Å². The molecule has 1 aliphatic rings. The average molecular weight is 548 g/mol. The van der Waals surface area contributed by atoms with Crippen molar-refractivity contribution in [1.29, 1.82) is 0 Å². The topological polar surface area (TPSA) is 95.6 Å². The molecular formula is C33H45N3O4. The molecule has 0 saturated carbocycles. The Labute approximate surface area is 239 Å². The molecule has 216 valence electrons. The van der Waals surface area contributed by atoms with Crippen LogP contribution in [0.4, 0.5) is 5.69 Å². The lowest BCUT2D eigenvalue weighted by atomic mass is 10.1. The number of para-hydroxylation sites is 1. The number of benzene rings is 2. The van der Waals surface area contributed by atoms with Crippen LogP contribution in [-0.4, -0.2) is 41.6 Å². The summed E-state index contributed by atoms with van der Waals surface area (Å²) >= 11 is 0. The monoisotopic (exact) mass is 547 g/mol. The van der Waals surface area contributed by atoms with E-state index in [1.807, 2.05) is 0 Å². The smallest absolute Gasteiger partial charge is 0.261 e. The van der Waals surface area contributed by atoms with E-state index in [4.69, 9.17) is 0 Å². The molecule has 2 N–H and O–H groups in total. The summed E-state index contributed by atoms with van der Waals surface area (Å²) in [6.45, 7) is 3.03. The zero-order chi connectivity index (χ0) is 28.6. The van der Waals surface area contributed by atoms with Gasteiger partial charge in [0.25, 0.3) is 17.7 Å². The van der Waals surface area contributed by atoms with Gasteiger partial charge in [-0.05, 0) is 37.1 Å². The highest BCUT2D eigenvalue weighted by Gasteiger charge is 2.34. The third-order valence-corrected chi connectivity index (χ3v) is 7.43. The summed E-state index contributed by atoms with van der Waals surface area (Å²) in [5, 5.41) is 5.79. The van der Waals surface area contributed by atoms with Gasteiger partial charge in [0.05, 0.1) is 22.4 Å². The van der Waals surface area contributed by atoms with Crippen LogP contribution in [0, 0.1) is 0 Å². The SMILES string of the molecule is CCCCCCCCCCCCCCNC(=O)c1ccccc1NC(=O)CCCN1C(=O)c2ccccc2C1=O. The predicted octanol–water partition coefficient (Wildman–Crippen LogP) is 7.13. The number of amides is 4. The molecule has 0 spiro atoms. The summed E-state index contributed by atoms with van der Waals surface area (Å²) in [6.07, 6.45) is 15.7. The second kappa shape index (κ2) is 17.3. The highest BCUT2D eigenvalue weighted by atomic mass is 16.2. The summed E-state index contributed by atoms with van der Waals surface area (Å²) in [5.74, 6) is -1.12. The van der Waals surface area contributed by atoms with Gasteiger partial charge in [-0.15, -0.1) is 0 Å². The maximum atomic E-state index is 12.8. The van der Waals surface area contributed by atoms with Gasteiger partial charge in [0.15, 0.2) is 0 Å². The van der Waals surface area contributed by atoms with Crippen LogP contribution in [0.3, 0.4) is 0 Å². The summed E-state index contributed by atoms with van der Waals surface area (Å²) in [6, 6.07) is 13.7. The summed E-state index contributed by atoms with van der Waals surface area (Å²) in [7, 11) is 0. The molecule has 1 heterocycles. The van der Waals surface area contributed by atoms with Crippen molar-refractivity contribution in [3.8, 4) is 0 Å². The zero-order valence-corrected chi connectivity index (χ0v) is 24.0. The largest absolute Gasteiger partial charge is 0.352 e. The fraction of sp³-hybridized carbons (Fsp3) is 0.515. The number of carbonyl (C=O) groups is 4. The van der Waals surface area contributed by atoms with Crippen LogP contribution in [0.15, 0.2) is 48.5 Å². The van der Waals surface area contributed by atoms with Crippen molar-refractivity contribution in [2.24, 2.45) is 0 Å². The van der Waals surface area contributed by atoms with E-state index in [2.05, 4.69) is 17.6 Å². The lowest BCUT2D eigenvalue weighted by Gasteiger charge is -2.14. The zero-order valence-electron chi connectivity index (χ0n) is 24.0. The van der Waals surface area contributed by atoms with E-state index in [1.165, 1.54) is 69.1 Å². The Balaban J connectivity index is 1.30. The Morgan fingerprint density at radius 1 is 0.675 bits per heavy atom. The van der Waals surface area contributed by atoms with Crippen molar-refractivity contribution in [3.05, 3.63) is 65.2 Å². The first-order valence-corrected chi connectivity index (χ1v) is 15.1. The Morgan fingerprint density at radius 3 is 1.80 bits per heavy atom. The number of fused-ring (bicyclic) bond motifs is 1. The van der Waals surface area contributed by atoms with Gasteiger partial charge >= 0.3 is 0 Å². The van der Waals surface area contributed by atoms with Gasteiger partial charge in [-0.3, -0.25) is 24.1 Å². The molecule has 7 nitrogen and oxygen atoms in total. The third kappa shape index (κ3) is 9.61. The molecule has 4 amide bonds. The number of unbranched alkanes of at least 4 members (excludes halogenated alkanes) is 11. The minimum atomic E-state index is -0.323. The maximum absolute atomic E-state index is 12.8. The standard InChI is InChI=1S/C33H45N3O4/c1-2-3-4-5-6-7-8-9-10-11-12-17-24-34-31(38)28-21-15-16-22-29(28)35-30(37)23-18-25-36-32(39)26-19-13-14-20-27(26)33(36)40/h13-16,19-22H,2-12,17-18,23-25H2,1H3,(H,34,38)(H,35,37). The average Bonchev–Trinajstić information content (AvgIpc) is 3.20. The molecular weight excluding hydrogens is 502 g/mol. The van der Waals surface area contributed by atoms with Gasteiger partial charge in [0.1, 0.15) is 0 Å². The fourth-order valence-corrected chi connectivity index (χ4v) is 5.11. The summed E-state index contributed by atoms with van der Waals surface area (Å²) in [4.78, 5) is 51.5. The van der Waals surface area contributed by atoms with E-state index in [9.17, 15) is 19.2 Å². The van der Waals surface area contributed by atoms with Crippen LogP contribution >= 0.6 is 0 Å². The molecule has 0 aromatic heterocycles. The fourth-order valence-electron chi connectivity index (χ4n) is 5.11. The normalized spacial score (nSPS) is 12.5. The number of carbonyl (C=O) groups excluding carboxylic acids is 4. The lowest BCUT2D eigenvalue weighted by Crippen LogP contribution is -2.31. The van der Waals surface area contributed by atoms with Gasteiger partial charge < -0.3 is 10.6 Å².